The van der Waals surface area contributed by atoms with E-state index in [0.717, 1.165) is 12.1 Å². The van der Waals surface area contributed by atoms with Crippen LogP contribution < -0.4 is 10.6 Å². The third kappa shape index (κ3) is 4.72. The highest BCUT2D eigenvalue weighted by molar-refractivity contribution is 6.15. The molecule has 0 spiro atoms. The largest absolute Gasteiger partial charge is 0.326 e. The van der Waals surface area contributed by atoms with Gasteiger partial charge in [0, 0.05) is 23.9 Å². The van der Waals surface area contributed by atoms with Gasteiger partial charge in [-0.3, -0.25) is 14.4 Å². The van der Waals surface area contributed by atoms with Gasteiger partial charge in [-0.2, -0.15) is 5.26 Å². The van der Waals surface area contributed by atoms with E-state index in [1.807, 2.05) is 0 Å². The maximum absolute atomic E-state index is 12.9. The van der Waals surface area contributed by atoms with Crippen LogP contribution >= 0.6 is 0 Å². The van der Waals surface area contributed by atoms with Crippen LogP contribution in [0.3, 0.4) is 0 Å². The molecular formula is C18H14FN3O3. The summed E-state index contributed by atoms with van der Waals surface area (Å²) in [6.45, 7) is 1.32. The van der Waals surface area contributed by atoms with Gasteiger partial charge in [-0.1, -0.05) is 12.1 Å². The smallest absolute Gasteiger partial charge is 0.249 e. The molecule has 0 aliphatic rings. The number of nitrogens with zero attached hydrogens (tertiary/aromatic N) is 1. The van der Waals surface area contributed by atoms with Gasteiger partial charge in [0.05, 0.1) is 6.07 Å². The first-order valence-corrected chi connectivity index (χ1v) is 7.28. The number of hydrogen-bond donors (Lipinski definition) is 2. The van der Waals surface area contributed by atoms with E-state index in [0.29, 0.717) is 5.69 Å². The predicted molar refractivity (Wildman–Crippen MR) is 89.2 cm³/mol. The summed E-state index contributed by atoms with van der Waals surface area (Å²) < 4.78 is 12.9. The molecule has 2 rings (SSSR count). The van der Waals surface area contributed by atoms with Gasteiger partial charge in [-0.15, -0.1) is 0 Å². The Kier molecular flexibility index (Phi) is 5.58. The van der Waals surface area contributed by atoms with Crippen molar-refractivity contribution in [3.05, 3.63) is 59.9 Å². The molecule has 2 aromatic carbocycles. The number of hydrogen-bond acceptors (Lipinski definition) is 4. The first-order valence-electron chi connectivity index (χ1n) is 7.28. The van der Waals surface area contributed by atoms with E-state index in [4.69, 9.17) is 0 Å². The monoisotopic (exact) mass is 339 g/mol. The fraction of sp³-hybridized carbons (Fsp3) is 0.111. The second-order valence-corrected chi connectivity index (χ2v) is 5.18. The standard InChI is InChI=1S/C18H14FN3O3/c1-11(23)21-15-4-2-3-12(9-15)17(24)16(10-20)18(25)22-14-7-5-13(19)6-8-14/h2-9,16H,1H3,(H,21,23)(H,22,25)/t16-/m1/s1. The summed E-state index contributed by atoms with van der Waals surface area (Å²) in [4.78, 5) is 35.7. The van der Waals surface area contributed by atoms with Crippen LogP contribution in [0, 0.1) is 23.1 Å². The molecule has 0 saturated heterocycles. The number of rotatable bonds is 5. The molecular weight excluding hydrogens is 325 g/mol. The van der Waals surface area contributed by atoms with E-state index in [1.54, 1.807) is 12.1 Å². The molecule has 6 nitrogen and oxygen atoms in total. The Morgan fingerprint density at radius 3 is 2.32 bits per heavy atom. The lowest BCUT2D eigenvalue weighted by atomic mass is 9.97. The molecule has 0 saturated carbocycles. The predicted octanol–water partition coefficient (Wildman–Crippen LogP) is 2.75. The highest BCUT2D eigenvalue weighted by Gasteiger charge is 2.27. The quantitative estimate of drug-likeness (QED) is 0.646. The molecule has 0 unspecified atom stereocenters. The van der Waals surface area contributed by atoms with Gasteiger partial charge in [0.15, 0.2) is 11.7 Å². The average molecular weight is 339 g/mol. The third-order valence-electron chi connectivity index (χ3n) is 3.23. The summed E-state index contributed by atoms with van der Waals surface area (Å²) >= 11 is 0. The Morgan fingerprint density at radius 2 is 1.72 bits per heavy atom. The lowest BCUT2D eigenvalue weighted by Gasteiger charge is -2.11. The summed E-state index contributed by atoms with van der Waals surface area (Å²) in [5, 5.41) is 14.1. The van der Waals surface area contributed by atoms with Crippen LogP contribution in [0.4, 0.5) is 15.8 Å². The average Bonchev–Trinajstić information content (AvgIpc) is 2.57. The van der Waals surface area contributed by atoms with Crippen molar-refractivity contribution in [1.29, 1.82) is 5.26 Å². The molecule has 0 aliphatic heterocycles. The van der Waals surface area contributed by atoms with Crippen molar-refractivity contribution >= 4 is 29.0 Å². The second kappa shape index (κ2) is 7.84. The van der Waals surface area contributed by atoms with Crippen LogP contribution in [-0.4, -0.2) is 17.6 Å². The molecule has 0 aliphatic carbocycles. The minimum atomic E-state index is -1.57. The number of amides is 2. The molecule has 2 amide bonds. The zero-order valence-corrected chi connectivity index (χ0v) is 13.2. The Hall–Kier alpha value is -3.53. The SMILES string of the molecule is CC(=O)Nc1cccc(C(=O)[C@@H](C#N)C(=O)Nc2ccc(F)cc2)c1. The molecule has 2 N–H and O–H groups in total. The number of benzene rings is 2. The molecule has 1 atom stereocenters. The molecule has 0 bridgehead atoms. The van der Waals surface area contributed by atoms with Crippen LogP contribution in [0.1, 0.15) is 17.3 Å². The maximum atomic E-state index is 12.9. The highest BCUT2D eigenvalue weighted by Crippen LogP contribution is 2.17. The fourth-order valence-electron chi connectivity index (χ4n) is 2.10. The minimum Gasteiger partial charge on any atom is -0.326 e. The van der Waals surface area contributed by atoms with Crippen LogP contribution in [0.2, 0.25) is 0 Å². The van der Waals surface area contributed by atoms with E-state index >= 15 is 0 Å². The third-order valence-corrected chi connectivity index (χ3v) is 3.23. The molecule has 0 fully saturated rings. The number of carbonyl (C=O) groups is 3. The Morgan fingerprint density at radius 1 is 1.04 bits per heavy atom. The number of anilines is 2. The summed E-state index contributed by atoms with van der Waals surface area (Å²) in [6.07, 6.45) is 0. The first-order chi connectivity index (χ1) is 11.9. The molecule has 0 heterocycles. The van der Waals surface area contributed by atoms with Gasteiger partial charge in [0.1, 0.15) is 5.82 Å². The van der Waals surface area contributed by atoms with Crippen molar-refractivity contribution in [2.24, 2.45) is 5.92 Å². The zero-order valence-electron chi connectivity index (χ0n) is 13.2. The second-order valence-electron chi connectivity index (χ2n) is 5.18. The van der Waals surface area contributed by atoms with Gasteiger partial charge >= 0.3 is 0 Å². The van der Waals surface area contributed by atoms with Gasteiger partial charge in [0.2, 0.25) is 11.8 Å². The topological polar surface area (TPSA) is 99.1 Å². The molecule has 25 heavy (non-hydrogen) atoms. The number of halogens is 1. The number of ketones is 1. The van der Waals surface area contributed by atoms with Crippen LogP contribution in [0.15, 0.2) is 48.5 Å². The summed E-state index contributed by atoms with van der Waals surface area (Å²) in [7, 11) is 0. The van der Waals surface area contributed by atoms with Crippen LogP contribution in [-0.2, 0) is 9.59 Å². The summed E-state index contributed by atoms with van der Waals surface area (Å²) in [5.74, 6) is -3.87. The number of nitrogens with one attached hydrogen (secondary N) is 2. The van der Waals surface area contributed by atoms with Gasteiger partial charge in [-0.25, -0.2) is 4.39 Å². The zero-order chi connectivity index (χ0) is 18.4. The van der Waals surface area contributed by atoms with E-state index < -0.39 is 23.4 Å². The van der Waals surface area contributed by atoms with E-state index in [9.17, 15) is 24.0 Å². The van der Waals surface area contributed by atoms with Crippen LogP contribution in [0.5, 0.6) is 0 Å². The van der Waals surface area contributed by atoms with Gasteiger partial charge in [0.25, 0.3) is 0 Å². The van der Waals surface area contributed by atoms with Crippen LogP contribution in [0.25, 0.3) is 0 Å². The van der Waals surface area contributed by atoms with E-state index in [-0.39, 0.29) is 17.2 Å². The van der Waals surface area contributed by atoms with Crippen molar-refractivity contribution in [2.45, 2.75) is 6.92 Å². The molecule has 0 aromatic heterocycles. The minimum absolute atomic E-state index is 0.118. The van der Waals surface area contributed by atoms with E-state index in [2.05, 4.69) is 10.6 Å². The lowest BCUT2D eigenvalue weighted by Crippen LogP contribution is -2.28. The Labute approximate surface area is 143 Å². The molecule has 0 radical (unpaired) electrons. The molecule has 126 valence electrons. The summed E-state index contributed by atoms with van der Waals surface area (Å²) in [6, 6.07) is 12.6. The normalized spacial score (nSPS) is 11.1. The highest BCUT2D eigenvalue weighted by atomic mass is 19.1. The maximum Gasteiger partial charge on any atom is 0.249 e. The van der Waals surface area contributed by atoms with Gasteiger partial charge in [-0.05, 0) is 36.4 Å². The van der Waals surface area contributed by atoms with Gasteiger partial charge < -0.3 is 10.6 Å². The number of nitriles is 1. The van der Waals surface area contributed by atoms with Crippen molar-refractivity contribution in [2.75, 3.05) is 10.6 Å². The first kappa shape index (κ1) is 17.8. The van der Waals surface area contributed by atoms with E-state index in [1.165, 1.54) is 37.3 Å². The Balaban J connectivity index is 2.17. The Bertz CT molecular complexity index is 857. The lowest BCUT2D eigenvalue weighted by molar-refractivity contribution is -0.117. The number of carbonyl (C=O) groups excluding carboxylic acids is 3. The van der Waals surface area contributed by atoms with Crippen molar-refractivity contribution < 1.29 is 18.8 Å². The summed E-state index contributed by atoms with van der Waals surface area (Å²) in [5.41, 5.74) is 0.771. The van der Waals surface area contributed by atoms with Crippen molar-refractivity contribution in [1.82, 2.24) is 0 Å². The van der Waals surface area contributed by atoms with Crippen molar-refractivity contribution in [3.8, 4) is 6.07 Å². The fourth-order valence-corrected chi connectivity index (χ4v) is 2.10. The number of Topliss-reactive ketones (excluding diaryl/α,β-unsaturated/α-hetero) is 1. The molecule has 7 heteroatoms. The van der Waals surface area contributed by atoms with Crippen molar-refractivity contribution in [3.63, 3.8) is 0 Å². The molecule has 2 aromatic rings.